The molecule has 2 nitrogen and oxygen atoms in total. The van der Waals surface area contributed by atoms with E-state index in [1.165, 1.54) is 0 Å². The first kappa shape index (κ1) is 12.6. The maximum atomic E-state index is 10.7. The van der Waals surface area contributed by atoms with Crippen LogP contribution in [0.1, 0.15) is 47.5 Å². The Morgan fingerprint density at radius 1 is 1.15 bits per heavy atom. The Morgan fingerprint density at radius 3 is 1.92 bits per heavy atom. The zero-order chi connectivity index (χ0) is 10.4. The van der Waals surface area contributed by atoms with Gasteiger partial charge >= 0.3 is 0 Å². The highest BCUT2D eigenvalue weighted by molar-refractivity contribution is 5.75. The molecule has 0 N–H and O–H groups in total. The summed E-state index contributed by atoms with van der Waals surface area (Å²) in [6.07, 6.45) is 1.71. The van der Waals surface area contributed by atoms with E-state index in [9.17, 15) is 4.79 Å². The smallest absolute Gasteiger partial charge is 0.129 e. The van der Waals surface area contributed by atoms with Gasteiger partial charge in [-0.3, -0.25) is 4.90 Å². The van der Waals surface area contributed by atoms with E-state index in [0.29, 0.717) is 17.9 Å². The highest BCUT2D eigenvalue weighted by atomic mass is 16.1. The van der Waals surface area contributed by atoms with Crippen LogP contribution < -0.4 is 0 Å². The molecule has 2 heteroatoms. The molecule has 0 rings (SSSR count). The van der Waals surface area contributed by atoms with Gasteiger partial charge in [0.05, 0.1) is 0 Å². The fourth-order valence-electron chi connectivity index (χ4n) is 1.62. The Hall–Kier alpha value is -0.370. The Bertz CT molecular complexity index is 144. The van der Waals surface area contributed by atoms with Crippen molar-refractivity contribution in [3.05, 3.63) is 0 Å². The molecular weight excluding hydrogens is 162 g/mol. The Balaban J connectivity index is 3.77. The van der Waals surface area contributed by atoms with Crippen molar-refractivity contribution in [1.82, 2.24) is 4.90 Å². The van der Waals surface area contributed by atoms with Crippen LogP contribution in [0.5, 0.6) is 0 Å². The van der Waals surface area contributed by atoms with Crippen molar-refractivity contribution in [1.29, 1.82) is 0 Å². The zero-order valence-electron chi connectivity index (χ0n) is 9.63. The maximum Gasteiger partial charge on any atom is 0.129 e. The molecule has 0 fully saturated rings. The summed E-state index contributed by atoms with van der Waals surface area (Å²) in [7, 11) is 0. The number of hydrogen-bond acceptors (Lipinski definition) is 2. The van der Waals surface area contributed by atoms with Gasteiger partial charge in [0.15, 0.2) is 0 Å². The number of hydrogen-bond donors (Lipinski definition) is 0. The van der Waals surface area contributed by atoms with Gasteiger partial charge < -0.3 is 4.79 Å². The molecule has 0 unspecified atom stereocenters. The lowest BCUT2D eigenvalue weighted by Gasteiger charge is -2.30. The van der Waals surface area contributed by atoms with Gasteiger partial charge in [0, 0.05) is 18.5 Å². The largest absolute Gasteiger partial charge is 0.300 e. The third-order valence-corrected chi connectivity index (χ3v) is 2.27. The molecule has 0 heterocycles. The first-order valence-corrected chi connectivity index (χ1v) is 5.20. The van der Waals surface area contributed by atoms with Crippen LogP contribution in [0.25, 0.3) is 0 Å². The first-order chi connectivity index (χ1) is 5.95. The van der Waals surface area contributed by atoms with Crippen molar-refractivity contribution in [2.24, 2.45) is 0 Å². The van der Waals surface area contributed by atoms with Crippen molar-refractivity contribution in [3.63, 3.8) is 0 Å². The van der Waals surface area contributed by atoms with Gasteiger partial charge in [0.2, 0.25) is 0 Å². The van der Waals surface area contributed by atoms with Crippen LogP contribution in [-0.2, 0) is 4.79 Å². The molecule has 0 radical (unpaired) electrons. The van der Waals surface area contributed by atoms with Gasteiger partial charge in [-0.1, -0.05) is 0 Å². The third-order valence-electron chi connectivity index (χ3n) is 2.27. The second-order valence-corrected chi connectivity index (χ2v) is 4.23. The molecule has 0 bridgehead atoms. The Kier molecular flexibility index (Phi) is 5.97. The van der Waals surface area contributed by atoms with Gasteiger partial charge in [-0.2, -0.15) is 0 Å². The van der Waals surface area contributed by atoms with Crippen molar-refractivity contribution >= 4 is 5.78 Å². The van der Waals surface area contributed by atoms with Crippen LogP contribution >= 0.6 is 0 Å². The van der Waals surface area contributed by atoms with Crippen LogP contribution in [0, 0.1) is 0 Å². The quantitative estimate of drug-likeness (QED) is 0.633. The molecule has 0 aromatic rings. The Morgan fingerprint density at radius 2 is 1.62 bits per heavy atom. The highest BCUT2D eigenvalue weighted by Crippen LogP contribution is 2.06. The van der Waals surface area contributed by atoms with E-state index in [-0.39, 0.29) is 0 Å². The second kappa shape index (κ2) is 6.14. The number of rotatable bonds is 6. The molecule has 0 amide bonds. The van der Waals surface area contributed by atoms with Gasteiger partial charge in [0.1, 0.15) is 5.78 Å². The monoisotopic (exact) mass is 185 g/mol. The fraction of sp³-hybridized carbons (Fsp3) is 0.909. The summed E-state index contributed by atoms with van der Waals surface area (Å²) in [5, 5.41) is 0. The van der Waals surface area contributed by atoms with Gasteiger partial charge in [-0.05, 0) is 47.6 Å². The molecule has 78 valence electrons. The van der Waals surface area contributed by atoms with Crippen molar-refractivity contribution in [2.75, 3.05) is 6.54 Å². The first-order valence-electron chi connectivity index (χ1n) is 5.20. The molecule has 0 saturated heterocycles. The second-order valence-electron chi connectivity index (χ2n) is 4.23. The van der Waals surface area contributed by atoms with E-state index in [1.54, 1.807) is 6.92 Å². The average molecular weight is 185 g/mol. The predicted molar refractivity (Wildman–Crippen MR) is 56.9 cm³/mol. The van der Waals surface area contributed by atoms with Gasteiger partial charge in [0.25, 0.3) is 0 Å². The van der Waals surface area contributed by atoms with Gasteiger partial charge in [-0.25, -0.2) is 0 Å². The number of ketones is 1. The van der Waals surface area contributed by atoms with E-state index in [4.69, 9.17) is 0 Å². The minimum Gasteiger partial charge on any atom is -0.300 e. The SMILES string of the molecule is CC(=O)CCCN(C(C)C)C(C)C. The van der Waals surface area contributed by atoms with Crippen LogP contribution in [0.15, 0.2) is 0 Å². The van der Waals surface area contributed by atoms with Gasteiger partial charge in [-0.15, -0.1) is 0 Å². The zero-order valence-corrected chi connectivity index (χ0v) is 9.63. The molecule has 0 aliphatic heterocycles. The van der Waals surface area contributed by atoms with E-state index in [1.807, 2.05) is 0 Å². The number of carbonyl (C=O) groups is 1. The van der Waals surface area contributed by atoms with Crippen LogP contribution in [-0.4, -0.2) is 29.3 Å². The molecule has 0 aromatic heterocycles. The van der Waals surface area contributed by atoms with E-state index < -0.39 is 0 Å². The summed E-state index contributed by atoms with van der Waals surface area (Å²) in [5.41, 5.74) is 0. The molecule has 0 atom stereocenters. The standard InChI is InChI=1S/C11H23NO/c1-9(2)12(10(3)4)8-6-7-11(5)13/h9-10H,6-8H2,1-5H3. The summed E-state index contributed by atoms with van der Waals surface area (Å²) >= 11 is 0. The lowest BCUT2D eigenvalue weighted by Crippen LogP contribution is -2.37. The molecule has 13 heavy (non-hydrogen) atoms. The topological polar surface area (TPSA) is 20.3 Å². The van der Waals surface area contributed by atoms with Crippen molar-refractivity contribution in [3.8, 4) is 0 Å². The van der Waals surface area contributed by atoms with Crippen molar-refractivity contribution < 1.29 is 4.79 Å². The molecule has 0 saturated carbocycles. The summed E-state index contributed by atoms with van der Waals surface area (Å²) in [4.78, 5) is 13.2. The summed E-state index contributed by atoms with van der Waals surface area (Å²) in [6.45, 7) is 11.5. The van der Waals surface area contributed by atoms with Crippen LogP contribution in [0.2, 0.25) is 0 Å². The summed E-state index contributed by atoms with van der Waals surface area (Å²) in [6, 6.07) is 1.15. The lowest BCUT2D eigenvalue weighted by molar-refractivity contribution is -0.117. The highest BCUT2D eigenvalue weighted by Gasteiger charge is 2.12. The minimum atomic E-state index is 0.299. The molecule has 0 spiro atoms. The van der Waals surface area contributed by atoms with Crippen molar-refractivity contribution in [2.45, 2.75) is 59.5 Å². The van der Waals surface area contributed by atoms with Crippen LogP contribution in [0.4, 0.5) is 0 Å². The lowest BCUT2D eigenvalue weighted by atomic mass is 10.2. The normalized spacial score (nSPS) is 11.7. The fourth-order valence-corrected chi connectivity index (χ4v) is 1.62. The number of Topliss-reactive ketones (excluding diaryl/α,β-unsaturated/α-hetero) is 1. The summed E-state index contributed by atoms with van der Waals surface area (Å²) < 4.78 is 0. The summed E-state index contributed by atoms with van der Waals surface area (Å²) in [5.74, 6) is 0.299. The third kappa shape index (κ3) is 5.81. The van der Waals surface area contributed by atoms with E-state index in [0.717, 1.165) is 19.4 Å². The van der Waals surface area contributed by atoms with Crippen LogP contribution in [0.3, 0.4) is 0 Å². The molecule has 0 aliphatic rings. The Labute approximate surface area is 82.3 Å². The molecular formula is C11H23NO. The minimum absolute atomic E-state index is 0.299. The predicted octanol–water partition coefficient (Wildman–Crippen LogP) is 2.47. The number of carbonyl (C=O) groups excluding carboxylic acids is 1. The van der Waals surface area contributed by atoms with E-state index in [2.05, 4.69) is 32.6 Å². The molecule has 0 aromatic carbocycles. The number of nitrogens with zero attached hydrogens (tertiary/aromatic N) is 1. The van der Waals surface area contributed by atoms with E-state index >= 15 is 0 Å². The average Bonchev–Trinajstić information content (AvgIpc) is 1.95. The maximum absolute atomic E-state index is 10.7. The molecule has 0 aliphatic carbocycles.